The van der Waals surface area contributed by atoms with Crippen LogP contribution >= 0.6 is 0 Å². The second kappa shape index (κ2) is 6.52. The molecule has 1 saturated heterocycles. The number of aromatic amines is 1. The standard InChI is InChI=1S/C22H25N3O/c1-22(2,19-15-23-20-8-4-3-7-18(19)20)21(26)24-16-9-11-17(12-10-16)25-13-5-6-14-25/h3-4,7-12,15,23H,5-6,13-14H2,1-2H3,(H,24,26). The summed E-state index contributed by atoms with van der Waals surface area (Å²) < 4.78 is 0. The minimum atomic E-state index is -0.632. The van der Waals surface area contributed by atoms with Crippen molar-refractivity contribution in [1.29, 1.82) is 0 Å². The van der Waals surface area contributed by atoms with Crippen molar-refractivity contribution < 1.29 is 4.79 Å². The molecular formula is C22H25N3O. The molecule has 4 nitrogen and oxygen atoms in total. The summed E-state index contributed by atoms with van der Waals surface area (Å²) in [6.07, 6.45) is 4.47. The minimum absolute atomic E-state index is 0.00354. The molecule has 1 fully saturated rings. The summed E-state index contributed by atoms with van der Waals surface area (Å²) in [6.45, 7) is 6.19. The van der Waals surface area contributed by atoms with Crippen LogP contribution in [0.5, 0.6) is 0 Å². The van der Waals surface area contributed by atoms with E-state index in [2.05, 4.69) is 33.4 Å². The number of rotatable bonds is 4. The summed E-state index contributed by atoms with van der Waals surface area (Å²) in [5.41, 5.74) is 3.51. The fourth-order valence-corrected chi connectivity index (χ4v) is 3.73. The van der Waals surface area contributed by atoms with E-state index in [0.29, 0.717) is 0 Å². The molecule has 2 N–H and O–H groups in total. The topological polar surface area (TPSA) is 48.1 Å². The number of amides is 1. The summed E-state index contributed by atoms with van der Waals surface area (Å²) in [5, 5.41) is 4.18. The van der Waals surface area contributed by atoms with Crippen LogP contribution in [0.2, 0.25) is 0 Å². The van der Waals surface area contributed by atoms with Crippen molar-refractivity contribution in [3.05, 3.63) is 60.3 Å². The molecule has 1 amide bonds. The number of hydrogen-bond donors (Lipinski definition) is 2. The van der Waals surface area contributed by atoms with E-state index in [1.165, 1.54) is 18.5 Å². The molecule has 0 saturated carbocycles. The Morgan fingerprint density at radius 2 is 1.73 bits per heavy atom. The van der Waals surface area contributed by atoms with Gasteiger partial charge in [-0.15, -0.1) is 0 Å². The first kappa shape index (κ1) is 16.7. The number of carbonyl (C=O) groups excluding carboxylic acids is 1. The Kier molecular flexibility index (Phi) is 4.19. The second-order valence-corrected chi connectivity index (χ2v) is 7.57. The van der Waals surface area contributed by atoms with Crippen molar-refractivity contribution in [1.82, 2.24) is 4.98 Å². The largest absolute Gasteiger partial charge is 0.372 e. The van der Waals surface area contributed by atoms with Crippen molar-refractivity contribution in [3.8, 4) is 0 Å². The van der Waals surface area contributed by atoms with Crippen molar-refractivity contribution in [2.24, 2.45) is 0 Å². The van der Waals surface area contributed by atoms with Gasteiger partial charge in [-0.2, -0.15) is 0 Å². The number of para-hydroxylation sites is 1. The Bertz CT molecular complexity index is 918. The molecule has 134 valence electrons. The van der Waals surface area contributed by atoms with Gasteiger partial charge >= 0.3 is 0 Å². The number of carbonyl (C=O) groups is 1. The summed E-state index contributed by atoms with van der Waals surface area (Å²) in [5.74, 6) is -0.00354. The van der Waals surface area contributed by atoms with Crippen LogP contribution in [0.15, 0.2) is 54.7 Å². The average Bonchev–Trinajstić information content (AvgIpc) is 3.32. The van der Waals surface area contributed by atoms with Gasteiger partial charge in [0, 0.05) is 41.6 Å². The number of fused-ring (bicyclic) bond motifs is 1. The highest BCUT2D eigenvalue weighted by atomic mass is 16.2. The maximum Gasteiger partial charge on any atom is 0.234 e. The number of nitrogens with zero attached hydrogens (tertiary/aromatic N) is 1. The number of anilines is 2. The molecule has 2 aromatic carbocycles. The Labute approximate surface area is 154 Å². The Morgan fingerprint density at radius 1 is 1.04 bits per heavy atom. The summed E-state index contributed by atoms with van der Waals surface area (Å²) >= 11 is 0. The Balaban J connectivity index is 1.53. The van der Waals surface area contributed by atoms with Gasteiger partial charge in [0.15, 0.2) is 0 Å². The number of hydrogen-bond acceptors (Lipinski definition) is 2. The van der Waals surface area contributed by atoms with Crippen molar-refractivity contribution in [2.75, 3.05) is 23.3 Å². The van der Waals surface area contributed by atoms with Gasteiger partial charge in [0.2, 0.25) is 5.91 Å². The number of aromatic nitrogens is 1. The van der Waals surface area contributed by atoms with Crippen LogP contribution in [0.3, 0.4) is 0 Å². The van der Waals surface area contributed by atoms with E-state index in [4.69, 9.17) is 0 Å². The second-order valence-electron chi connectivity index (χ2n) is 7.57. The first-order valence-corrected chi connectivity index (χ1v) is 9.29. The van der Waals surface area contributed by atoms with Crippen molar-refractivity contribution in [2.45, 2.75) is 32.1 Å². The average molecular weight is 347 g/mol. The predicted octanol–water partition coefficient (Wildman–Crippen LogP) is 4.68. The molecule has 1 aliphatic rings. The number of H-pyrrole nitrogens is 1. The highest BCUT2D eigenvalue weighted by molar-refractivity contribution is 6.01. The maximum absolute atomic E-state index is 13.0. The molecule has 0 unspecified atom stereocenters. The molecule has 0 radical (unpaired) electrons. The van der Waals surface area contributed by atoms with Gasteiger partial charge in [0.1, 0.15) is 0 Å². The molecule has 2 heterocycles. The summed E-state index contributed by atoms with van der Waals surface area (Å²) in [7, 11) is 0. The van der Waals surface area contributed by atoms with Crippen LogP contribution in [-0.2, 0) is 10.2 Å². The van der Waals surface area contributed by atoms with E-state index in [-0.39, 0.29) is 5.91 Å². The maximum atomic E-state index is 13.0. The minimum Gasteiger partial charge on any atom is -0.372 e. The zero-order valence-corrected chi connectivity index (χ0v) is 15.4. The molecule has 3 aromatic rings. The van der Waals surface area contributed by atoms with Gasteiger partial charge in [0.25, 0.3) is 0 Å². The molecular weight excluding hydrogens is 322 g/mol. The lowest BCUT2D eigenvalue weighted by Crippen LogP contribution is -2.34. The van der Waals surface area contributed by atoms with Crippen LogP contribution in [0.25, 0.3) is 10.9 Å². The van der Waals surface area contributed by atoms with Crippen molar-refractivity contribution >= 4 is 28.2 Å². The van der Waals surface area contributed by atoms with Crippen LogP contribution in [0.1, 0.15) is 32.3 Å². The van der Waals surface area contributed by atoms with Crippen LogP contribution in [0.4, 0.5) is 11.4 Å². The van der Waals surface area contributed by atoms with E-state index in [1.54, 1.807) is 0 Å². The summed E-state index contributed by atoms with van der Waals surface area (Å²) in [6, 6.07) is 16.3. The Morgan fingerprint density at radius 3 is 2.46 bits per heavy atom. The molecule has 0 spiro atoms. The molecule has 4 rings (SSSR count). The number of benzene rings is 2. The predicted molar refractivity (Wildman–Crippen MR) is 108 cm³/mol. The van der Waals surface area contributed by atoms with Crippen LogP contribution in [0, 0.1) is 0 Å². The molecule has 0 atom stereocenters. The molecule has 4 heteroatoms. The van der Waals surface area contributed by atoms with E-state index in [9.17, 15) is 4.79 Å². The molecule has 1 aliphatic heterocycles. The van der Waals surface area contributed by atoms with E-state index in [1.807, 2.05) is 50.4 Å². The van der Waals surface area contributed by atoms with Gasteiger partial charge in [-0.3, -0.25) is 4.79 Å². The monoisotopic (exact) mass is 347 g/mol. The zero-order chi connectivity index (χ0) is 18.1. The van der Waals surface area contributed by atoms with Crippen molar-refractivity contribution in [3.63, 3.8) is 0 Å². The van der Waals surface area contributed by atoms with Gasteiger partial charge < -0.3 is 15.2 Å². The van der Waals surface area contributed by atoms with Crippen LogP contribution in [-0.4, -0.2) is 24.0 Å². The first-order chi connectivity index (χ1) is 12.6. The fourth-order valence-electron chi connectivity index (χ4n) is 3.73. The highest BCUT2D eigenvalue weighted by Crippen LogP contribution is 2.32. The third kappa shape index (κ3) is 2.96. The molecule has 0 bridgehead atoms. The molecule has 26 heavy (non-hydrogen) atoms. The van der Waals surface area contributed by atoms with E-state index in [0.717, 1.165) is 35.2 Å². The molecule has 0 aliphatic carbocycles. The third-order valence-corrected chi connectivity index (χ3v) is 5.43. The lowest BCUT2D eigenvalue weighted by molar-refractivity contribution is -0.120. The zero-order valence-electron chi connectivity index (χ0n) is 15.4. The van der Waals surface area contributed by atoms with E-state index >= 15 is 0 Å². The molecule has 1 aromatic heterocycles. The summed E-state index contributed by atoms with van der Waals surface area (Å²) in [4.78, 5) is 18.6. The van der Waals surface area contributed by atoms with Gasteiger partial charge in [-0.1, -0.05) is 18.2 Å². The third-order valence-electron chi connectivity index (χ3n) is 5.43. The lowest BCUT2D eigenvalue weighted by Gasteiger charge is -2.24. The Hall–Kier alpha value is -2.75. The highest BCUT2D eigenvalue weighted by Gasteiger charge is 2.32. The van der Waals surface area contributed by atoms with E-state index < -0.39 is 5.41 Å². The van der Waals surface area contributed by atoms with Gasteiger partial charge in [-0.25, -0.2) is 0 Å². The van der Waals surface area contributed by atoms with Crippen LogP contribution < -0.4 is 10.2 Å². The SMILES string of the molecule is CC(C)(C(=O)Nc1ccc(N2CCCC2)cc1)c1c[nH]c2ccccc12. The van der Waals surface area contributed by atoms with Gasteiger partial charge in [-0.05, 0) is 62.6 Å². The number of nitrogens with one attached hydrogen (secondary N) is 2. The normalized spacial score (nSPS) is 14.8. The quantitative estimate of drug-likeness (QED) is 0.719. The first-order valence-electron chi connectivity index (χ1n) is 9.29. The fraction of sp³-hybridized carbons (Fsp3) is 0.318. The smallest absolute Gasteiger partial charge is 0.234 e. The van der Waals surface area contributed by atoms with Gasteiger partial charge in [0.05, 0.1) is 5.41 Å². The lowest BCUT2D eigenvalue weighted by atomic mass is 9.83.